The molecule has 1 aliphatic carbocycles. The summed E-state index contributed by atoms with van der Waals surface area (Å²) in [5.74, 6) is 3.92. The molecule has 0 N–H and O–H groups in total. The van der Waals surface area contributed by atoms with Crippen LogP contribution in [0.25, 0.3) is 0 Å². The van der Waals surface area contributed by atoms with Crippen LogP contribution in [-0.4, -0.2) is 0 Å². The fourth-order valence-electron chi connectivity index (χ4n) is 3.24. The van der Waals surface area contributed by atoms with Crippen molar-refractivity contribution in [1.29, 1.82) is 0 Å². The molecule has 0 amide bonds. The lowest BCUT2D eigenvalue weighted by Gasteiger charge is -2.31. The standard InChI is InChI=1S/C16H32/c1-5-15-10-6-7-11-16(15)12-8-9-14(4)13(2)3/h13-16H,5-12H2,1-4H3. The Hall–Kier alpha value is 0. The van der Waals surface area contributed by atoms with E-state index in [0.717, 1.165) is 23.7 Å². The SMILES string of the molecule is CCC1CCCCC1CCCC(C)C(C)C. The van der Waals surface area contributed by atoms with E-state index >= 15 is 0 Å². The Labute approximate surface area is 103 Å². The molecule has 0 aromatic heterocycles. The molecule has 0 aliphatic heterocycles. The maximum Gasteiger partial charge on any atom is -0.0386 e. The van der Waals surface area contributed by atoms with Gasteiger partial charge >= 0.3 is 0 Å². The second-order valence-electron chi connectivity index (χ2n) is 6.37. The summed E-state index contributed by atoms with van der Waals surface area (Å²) in [6.45, 7) is 9.53. The largest absolute Gasteiger partial charge is 0.0651 e. The smallest absolute Gasteiger partial charge is 0.0386 e. The van der Waals surface area contributed by atoms with Gasteiger partial charge in [-0.05, 0) is 23.7 Å². The molecule has 0 nitrogen and oxygen atoms in total. The maximum atomic E-state index is 2.42. The van der Waals surface area contributed by atoms with Gasteiger partial charge in [-0.3, -0.25) is 0 Å². The van der Waals surface area contributed by atoms with Gasteiger partial charge in [-0.2, -0.15) is 0 Å². The molecule has 1 aliphatic rings. The first kappa shape index (κ1) is 14.1. The lowest BCUT2D eigenvalue weighted by Crippen LogP contribution is -2.19. The highest BCUT2D eigenvalue weighted by Crippen LogP contribution is 2.35. The molecule has 96 valence electrons. The lowest BCUT2D eigenvalue weighted by molar-refractivity contribution is 0.207. The second kappa shape index (κ2) is 7.35. The Balaban J connectivity index is 2.20. The third-order valence-corrected chi connectivity index (χ3v) is 4.96. The van der Waals surface area contributed by atoms with E-state index in [-0.39, 0.29) is 0 Å². The van der Waals surface area contributed by atoms with Crippen LogP contribution < -0.4 is 0 Å². The summed E-state index contributed by atoms with van der Waals surface area (Å²) >= 11 is 0. The summed E-state index contributed by atoms with van der Waals surface area (Å²) in [6.07, 6.45) is 11.9. The molecule has 0 saturated heterocycles. The van der Waals surface area contributed by atoms with Gasteiger partial charge in [-0.25, -0.2) is 0 Å². The monoisotopic (exact) mass is 224 g/mol. The van der Waals surface area contributed by atoms with Gasteiger partial charge in [0.25, 0.3) is 0 Å². The zero-order chi connectivity index (χ0) is 12.0. The predicted octanol–water partition coefficient (Wildman–Crippen LogP) is 5.67. The van der Waals surface area contributed by atoms with E-state index in [9.17, 15) is 0 Å². The first-order valence-corrected chi connectivity index (χ1v) is 7.65. The molecule has 0 heteroatoms. The van der Waals surface area contributed by atoms with Crippen LogP contribution in [0.4, 0.5) is 0 Å². The summed E-state index contributed by atoms with van der Waals surface area (Å²) in [4.78, 5) is 0. The van der Waals surface area contributed by atoms with E-state index < -0.39 is 0 Å². The van der Waals surface area contributed by atoms with Crippen molar-refractivity contribution in [2.45, 2.75) is 79.1 Å². The molecule has 0 bridgehead atoms. The van der Waals surface area contributed by atoms with Crippen molar-refractivity contribution in [1.82, 2.24) is 0 Å². The zero-order valence-electron chi connectivity index (χ0n) is 12.0. The fourth-order valence-corrected chi connectivity index (χ4v) is 3.24. The molecule has 0 heterocycles. The van der Waals surface area contributed by atoms with Crippen LogP contribution in [0.15, 0.2) is 0 Å². The van der Waals surface area contributed by atoms with E-state index in [4.69, 9.17) is 0 Å². The van der Waals surface area contributed by atoms with Gasteiger partial charge in [0, 0.05) is 0 Å². The average molecular weight is 224 g/mol. The molecular formula is C16H32. The van der Waals surface area contributed by atoms with Crippen molar-refractivity contribution in [3.63, 3.8) is 0 Å². The minimum Gasteiger partial charge on any atom is -0.0651 e. The molecule has 0 radical (unpaired) electrons. The summed E-state index contributed by atoms with van der Waals surface area (Å²) < 4.78 is 0. The fraction of sp³-hybridized carbons (Fsp3) is 1.00. The first-order chi connectivity index (χ1) is 7.65. The van der Waals surface area contributed by atoms with Crippen molar-refractivity contribution < 1.29 is 0 Å². The van der Waals surface area contributed by atoms with Crippen LogP contribution in [0.5, 0.6) is 0 Å². The Morgan fingerprint density at radius 3 is 2.19 bits per heavy atom. The highest BCUT2D eigenvalue weighted by molar-refractivity contribution is 4.74. The lowest BCUT2D eigenvalue weighted by atomic mass is 9.75. The van der Waals surface area contributed by atoms with Crippen molar-refractivity contribution in [2.24, 2.45) is 23.7 Å². The van der Waals surface area contributed by atoms with Crippen molar-refractivity contribution in [3.05, 3.63) is 0 Å². The number of rotatable bonds is 6. The molecule has 1 rings (SSSR count). The molecule has 3 atom stereocenters. The average Bonchev–Trinajstić information content (AvgIpc) is 2.29. The summed E-state index contributed by atoms with van der Waals surface area (Å²) in [6, 6.07) is 0. The normalized spacial score (nSPS) is 28.3. The second-order valence-corrected chi connectivity index (χ2v) is 6.37. The van der Waals surface area contributed by atoms with Crippen LogP contribution in [0.1, 0.15) is 79.1 Å². The Morgan fingerprint density at radius 1 is 1.00 bits per heavy atom. The summed E-state index contributed by atoms with van der Waals surface area (Å²) in [5.41, 5.74) is 0. The minimum absolute atomic E-state index is 0.869. The van der Waals surface area contributed by atoms with Gasteiger partial charge in [0.05, 0.1) is 0 Å². The first-order valence-electron chi connectivity index (χ1n) is 7.65. The van der Waals surface area contributed by atoms with Gasteiger partial charge in [0.15, 0.2) is 0 Å². The molecule has 0 spiro atoms. The van der Waals surface area contributed by atoms with Crippen LogP contribution in [-0.2, 0) is 0 Å². The van der Waals surface area contributed by atoms with E-state index in [1.54, 1.807) is 0 Å². The topological polar surface area (TPSA) is 0 Å². The van der Waals surface area contributed by atoms with E-state index in [0.29, 0.717) is 0 Å². The van der Waals surface area contributed by atoms with Crippen LogP contribution in [0, 0.1) is 23.7 Å². The highest BCUT2D eigenvalue weighted by Gasteiger charge is 2.23. The highest BCUT2D eigenvalue weighted by atomic mass is 14.3. The molecule has 3 unspecified atom stereocenters. The van der Waals surface area contributed by atoms with Crippen LogP contribution in [0.3, 0.4) is 0 Å². The van der Waals surface area contributed by atoms with E-state index in [1.165, 1.54) is 51.4 Å². The van der Waals surface area contributed by atoms with Gasteiger partial charge in [-0.1, -0.05) is 79.1 Å². The van der Waals surface area contributed by atoms with Gasteiger partial charge in [0.1, 0.15) is 0 Å². The third kappa shape index (κ3) is 4.47. The molecule has 0 aromatic rings. The molecular weight excluding hydrogens is 192 g/mol. The van der Waals surface area contributed by atoms with Crippen LogP contribution in [0.2, 0.25) is 0 Å². The van der Waals surface area contributed by atoms with Gasteiger partial charge in [0.2, 0.25) is 0 Å². The summed E-state index contributed by atoms with van der Waals surface area (Å²) in [5, 5.41) is 0. The zero-order valence-corrected chi connectivity index (χ0v) is 12.0. The van der Waals surface area contributed by atoms with Crippen molar-refractivity contribution in [3.8, 4) is 0 Å². The van der Waals surface area contributed by atoms with Crippen molar-refractivity contribution >= 4 is 0 Å². The Bertz CT molecular complexity index is 171. The molecule has 1 fully saturated rings. The number of hydrogen-bond acceptors (Lipinski definition) is 0. The Morgan fingerprint density at radius 2 is 1.62 bits per heavy atom. The third-order valence-electron chi connectivity index (χ3n) is 4.96. The number of hydrogen-bond donors (Lipinski definition) is 0. The van der Waals surface area contributed by atoms with Crippen LogP contribution >= 0.6 is 0 Å². The minimum atomic E-state index is 0.869. The molecule has 16 heavy (non-hydrogen) atoms. The Kier molecular flexibility index (Phi) is 6.46. The predicted molar refractivity (Wildman–Crippen MR) is 73.6 cm³/mol. The summed E-state index contributed by atoms with van der Waals surface area (Å²) in [7, 11) is 0. The quantitative estimate of drug-likeness (QED) is 0.545. The van der Waals surface area contributed by atoms with E-state index in [1.807, 2.05) is 0 Å². The molecule has 1 saturated carbocycles. The van der Waals surface area contributed by atoms with Gasteiger partial charge in [-0.15, -0.1) is 0 Å². The molecule has 0 aromatic carbocycles. The van der Waals surface area contributed by atoms with Gasteiger partial charge < -0.3 is 0 Å². The van der Waals surface area contributed by atoms with E-state index in [2.05, 4.69) is 27.7 Å². The van der Waals surface area contributed by atoms with Crippen molar-refractivity contribution in [2.75, 3.05) is 0 Å². The maximum absolute atomic E-state index is 2.42.